The van der Waals surface area contributed by atoms with Gasteiger partial charge in [-0.2, -0.15) is 0 Å². The minimum absolute atomic E-state index is 0.00714. The highest BCUT2D eigenvalue weighted by molar-refractivity contribution is 6.39. The fourth-order valence-electron chi connectivity index (χ4n) is 9.42. The van der Waals surface area contributed by atoms with E-state index < -0.39 is 83.9 Å². The molecule has 4 rings (SSSR count). The minimum atomic E-state index is -2.55. The van der Waals surface area contributed by atoms with Crippen LogP contribution in [0.4, 0.5) is 0 Å². The van der Waals surface area contributed by atoms with Gasteiger partial charge in [0.1, 0.15) is 30.1 Å². The molecule has 5 N–H and O–H groups in total. The number of amides is 1. The molecule has 3 fully saturated rings. The van der Waals surface area contributed by atoms with E-state index in [-0.39, 0.29) is 67.7 Å². The zero-order valence-corrected chi connectivity index (χ0v) is 37.8. The molecule has 0 radical (unpaired) electrons. The number of piperidine rings is 1. The first-order valence-electron chi connectivity index (χ1n) is 22.7. The average Bonchev–Trinajstić information content (AvgIpc) is 3.22. The number of rotatable bonds is 4. The van der Waals surface area contributed by atoms with Crippen LogP contribution in [0.1, 0.15) is 119 Å². The smallest absolute Gasteiger partial charge is 0.329 e. The summed E-state index contributed by atoms with van der Waals surface area (Å²) in [5.74, 6) is -8.64. The van der Waals surface area contributed by atoms with Crippen molar-refractivity contribution in [3.8, 4) is 0 Å². The van der Waals surface area contributed by atoms with Gasteiger partial charge in [0.15, 0.2) is 5.78 Å². The van der Waals surface area contributed by atoms with Gasteiger partial charge in [-0.1, -0.05) is 77.2 Å². The maximum absolute atomic E-state index is 14.2. The second-order valence-electron chi connectivity index (χ2n) is 18.8. The van der Waals surface area contributed by atoms with Crippen molar-refractivity contribution in [1.29, 1.82) is 0 Å². The summed E-state index contributed by atoms with van der Waals surface area (Å²) in [5, 5.41) is 54.7. The molecule has 62 heavy (non-hydrogen) atoms. The van der Waals surface area contributed by atoms with Crippen molar-refractivity contribution in [2.45, 2.75) is 173 Å². The zero-order valence-electron chi connectivity index (χ0n) is 37.8. The number of methoxy groups -OCH3 is 1. The van der Waals surface area contributed by atoms with E-state index in [0.717, 1.165) is 17.7 Å². The predicted molar refractivity (Wildman–Crippen MR) is 231 cm³/mol. The van der Waals surface area contributed by atoms with Crippen molar-refractivity contribution in [3.05, 3.63) is 48.1 Å². The van der Waals surface area contributed by atoms with Crippen LogP contribution < -0.4 is 0 Å². The molecular formula is C48H73NO13. The van der Waals surface area contributed by atoms with Crippen LogP contribution in [-0.2, 0) is 38.2 Å². The Bertz CT molecular complexity index is 1660. The van der Waals surface area contributed by atoms with Gasteiger partial charge in [-0.3, -0.25) is 19.2 Å². The second-order valence-corrected chi connectivity index (χ2v) is 18.8. The number of carbonyl (C=O) groups is 5. The van der Waals surface area contributed by atoms with Crippen LogP contribution in [0.3, 0.4) is 0 Å². The maximum atomic E-state index is 14.2. The van der Waals surface area contributed by atoms with Crippen molar-refractivity contribution in [3.63, 3.8) is 0 Å². The molecule has 14 heteroatoms. The Hall–Kier alpha value is -3.37. The molecule has 1 aliphatic carbocycles. The van der Waals surface area contributed by atoms with E-state index in [2.05, 4.69) is 0 Å². The molecule has 3 aliphatic heterocycles. The number of allylic oxidation sites excluding steroid dienone is 6. The molecule has 0 spiro atoms. The van der Waals surface area contributed by atoms with E-state index in [9.17, 15) is 49.5 Å². The second kappa shape index (κ2) is 23.5. The molecule has 13 atom stereocenters. The Morgan fingerprint density at radius 2 is 1.48 bits per heavy atom. The zero-order chi connectivity index (χ0) is 45.9. The van der Waals surface area contributed by atoms with Gasteiger partial charge in [0.2, 0.25) is 5.79 Å². The Morgan fingerprint density at radius 3 is 2.15 bits per heavy atom. The highest BCUT2D eigenvalue weighted by atomic mass is 16.6. The molecule has 14 nitrogen and oxygen atoms in total. The van der Waals surface area contributed by atoms with Crippen LogP contribution in [0.2, 0.25) is 0 Å². The quantitative estimate of drug-likeness (QED) is 0.150. The largest absolute Gasteiger partial charge is 0.460 e. The standard InChI is InChI=1S/C48H73NO13/c1-28-12-10-8-9-11-13-36(51)25-38-20-14-33(6)48(59,62-38)45(56)46(57)49-27-37(52)19-21-39(49)47(58)61-41(30(3)24-34-15-17-35(50)18-16-34)26-40(53)29(2)23-32(5)43(55)44(60-7)42(54)31(4)22-28/h8-13,23,28-31,33-39,41,43-44,50-52,55,59H,14-22,24-27H2,1-7H3/b9-8+,12-10-,13-11+,32-23+/t28-,29-,30-,31-,33-,34?,35?,36-,37?,38+,39?,41+,43-,44+,48-/m1/s1. The first-order valence-corrected chi connectivity index (χ1v) is 22.7. The van der Waals surface area contributed by atoms with Gasteiger partial charge < -0.3 is 44.6 Å². The Labute approximate surface area is 367 Å². The molecule has 0 aromatic carbocycles. The number of Topliss-reactive ketones (excluding diaryl/α,β-unsaturated/α-hetero) is 3. The number of aliphatic hydroxyl groups excluding tert-OH is 4. The average molecular weight is 872 g/mol. The summed E-state index contributed by atoms with van der Waals surface area (Å²) in [5.41, 5.74) is 0.365. The van der Waals surface area contributed by atoms with Crippen molar-refractivity contribution in [2.75, 3.05) is 13.7 Å². The van der Waals surface area contributed by atoms with Crippen molar-refractivity contribution in [1.82, 2.24) is 4.90 Å². The van der Waals surface area contributed by atoms with Crippen LogP contribution in [0.15, 0.2) is 48.1 Å². The van der Waals surface area contributed by atoms with Crippen LogP contribution in [0.5, 0.6) is 0 Å². The molecule has 1 saturated carbocycles. The molecule has 2 saturated heterocycles. The van der Waals surface area contributed by atoms with Gasteiger partial charge in [0, 0.05) is 44.2 Å². The fraction of sp³-hybridized carbons (Fsp3) is 0.729. The highest BCUT2D eigenvalue weighted by Crippen LogP contribution is 2.37. The van der Waals surface area contributed by atoms with Gasteiger partial charge in [-0.05, 0) is 94.5 Å². The number of ether oxygens (including phenoxy) is 3. The predicted octanol–water partition coefficient (Wildman–Crippen LogP) is 4.48. The molecule has 2 bridgehead atoms. The number of hydrogen-bond acceptors (Lipinski definition) is 13. The summed E-state index contributed by atoms with van der Waals surface area (Å²) in [6, 6.07) is -1.31. The number of cyclic esters (lactones) is 1. The Morgan fingerprint density at radius 1 is 0.839 bits per heavy atom. The molecular weight excluding hydrogens is 799 g/mol. The Balaban J connectivity index is 1.68. The third kappa shape index (κ3) is 13.8. The highest BCUT2D eigenvalue weighted by Gasteiger charge is 2.53. The third-order valence-electron chi connectivity index (χ3n) is 13.5. The van der Waals surface area contributed by atoms with Crippen molar-refractivity contribution in [2.24, 2.45) is 35.5 Å². The van der Waals surface area contributed by atoms with E-state index in [1.165, 1.54) is 7.11 Å². The Kier molecular flexibility index (Phi) is 19.5. The summed E-state index contributed by atoms with van der Waals surface area (Å²) in [6.07, 6.45) is 9.91. The van der Waals surface area contributed by atoms with Crippen LogP contribution in [-0.4, -0.2) is 128 Å². The van der Waals surface area contributed by atoms with E-state index in [4.69, 9.17) is 14.2 Å². The first kappa shape index (κ1) is 51.3. The SMILES string of the molecule is CO[C@H]1C(=O)[C@H](C)C[C@H](C)\C=C/C=C/C=C/[C@@H](O)C[C@@H]2CC[C@@H](C)[C@@](O)(O2)C(=O)C(=O)N2CC(O)CCC2C(=O)O[C@H]([C@H](C)CC2CCC(O)CC2)CC(=O)[C@H](C)/C=C(\C)[C@H]1O. The summed E-state index contributed by atoms with van der Waals surface area (Å²) < 4.78 is 17.6. The lowest BCUT2D eigenvalue weighted by molar-refractivity contribution is -0.265. The molecule has 1 amide bonds. The van der Waals surface area contributed by atoms with Crippen LogP contribution in [0, 0.1) is 35.5 Å². The van der Waals surface area contributed by atoms with Crippen molar-refractivity contribution < 1.29 is 63.7 Å². The first-order chi connectivity index (χ1) is 29.2. The summed E-state index contributed by atoms with van der Waals surface area (Å²) in [6.45, 7) is 10.1. The normalized spacial score (nSPS) is 41.3. The van der Waals surface area contributed by atoms with Crippen molar-refractivity contribution >= 4 is 29.2 Å². The number of hydrogen-bond donors (Lipinski definition) is 5. The van der Waals surface area contributed by atoms with Gasteiger partial charge in [0.25, 0.3) is 11.7 Å². The van der Waals surface area contributed by atoms with E-state index in [0.29, 0.717) is 44.1 Å². The molecule has 3 heterocycles. The number of esters is 1. The van der Waals surface area contributed by atoms with Crippen LogP contribution >= 0.6 is 0 Å². The summed E-state index contributed by atoms with van der Waals surface area (Å²) in [7, 11) is 1.36. The summed E-state index contributed by atoms with van der Waals surface area (Å²) in [4.78, 5) is 70.8. The number of aliphatic hydroxyl groups is 5. The number of nitrogens with zero attached hydrogens (tertiary/aromatic N) is 1. The topological polar surface area (TPSA) is 217 Å². The van der Waals surface area contributed by atoms with Gasteiger partial charge in [-0.25, -0.2) is 4.79 Å². The fourth-order valence-corrected chi connectivity index (χ4v) is 9.42. The lowest BCUT2D eigenvalue weighted by atomic mass is 9.79. The number of fused-ring (bicyclic) bond motifs is 3. The lowest BCUT2D eigenvalue weighted by Crippen LogP contribution is -2.62. The van der Waals surface area contributed by atoms with E-state index in [1.807, 2.05) is 26.0 Å². The number of carbonyl (C=O) groups excluding carboxylic acids is 5. The lowest BCUT2D eigenvalue weighted by Gasteiger charge is -2.43. The third-order valence-corrected chi connectivity index (χ3v) is 13.5. The van der Waals surface area contributed by atoms with Gasteiger partial charge >= 0.3 is 5.97 Å². The molecule has 2 unspecified atom stereocenters. The minimum Gasteiger partial charge on any atom is -0.460 e. The molecule has 348 valence electrons. The van der Waals surface area contributed by atoms with Crippen LogP contribution in [0.25, 0.3) is 0 Å². The van der Waals surface area contributed by atoms with Gasteiger partial charge in [-0.15, -0.1) is 0 Å². The monoisotopic (exact) mass is 872 g/mol. The summed E-state index contributed by atoms with van der Waals surface area (Å²) >= 11 is 0. The number of ketones is 3. The van der Waals surface area contributed by atoms with E-state index in [1.54, 1.807) is 58.1 Å². The molecule has 0 aromatic heterocycles. The molecule has 0 aromatic rings. The van der Waals surface area contributed by atoms with E-state index >= 15 is 0 Å². The molecule has 4 aliphatic rings. The van der Waals surface area contributed by atoms with Gasteiger partial charge in [0.05, 0.1) is 24.4 Å². The maximum Gasteiger partial charge on any atom is 0.329 e.